The highest BCUT2D eigenvalue weighted by Gasteiger charge is 2.38. The van der Waals surface area contributed by atoms with E-state index in [2.05, 4.69) is 87.9 Å². The van der Waals surface area contributed by atoms with E-state index in [4.69, 9.17) is 21.9 Å². The Labute approximate surface area is 605 Å². The number of amides is 13. The number of nitrogens with one attached hydrogen (secondary N) is 14. The molecule has 2 aromatic rings. The molecule has 1 heterocycles. The molecule has 0 unspecified atom stereocenters. The maximum atomic E-state index is 14.4. The van der Waals surface area contributed by atoms with Crippen LogP contribution in [0.4, 0.5) is 0 Å². The average molecular weight is 1470 g/mol. The van der Waals surface area contributed by atoms with Crippen molar-refractivity contribution in [2.45, 2.75) is 212 Å². The second-order valence-corrected chi connectivity index (χ2v) is 26.1. The highest BCUT2D eigenvalue weighted by atomic mass is 16.5. The van der Waals surface area contributed by atoms with Gasteiger partial charge in [0.25, 0.3) is 0 Å². The molecular weight excluding hydrogens is 1360 g/mol. The molecule has 0 aliphatic rings. The normalized spacial score (nSPS) is 15.2. The minimum atomic E-state index is -1.85. The quantitative estimate of drug-likeness (QED) is 0.0220. The molecule has 0 aliphatic heterocycles. The van der Waals surface area contributed by atoms with Gasteiger partial charge in [0.15, 0.2) is 0 Å². The Bertz CT molecular complexity index is 3190. The van der Waals surface area contributed by atoms with Crippen molar-refractivity contribution in [1.29, 1.82) is 0 Å². The first-order valence-electron chi connectivity index (χ1n) is 35.3. The molecule has 0 radical (unpaired) electrons. The second-order valence-electron chi connectivity index (χ2n) is 26.1. The lowest BCUT2D eigenvalue weighted by molar-refractivity contribution is -0.142. The first kappa shape index (κ1) is 90.7. The van der Waals surface area contributed by atoms with Crippen LogP contribution in [0.3, 0.4) is 0 Å². The van der Waals surface area contributed by atoms with Gasteiger partial charge in [0, 0.05) is 36.4 Å². The number of H-pyrrole nitrogens is 1. The number of carboxylic acid groups (broad SMARTS) is 1. The third kappa shape index (κ3) is 31.3. The molecule has 0 saturated heterocycles. The van der Waals surface area contributed by atoms with E-state index in [1.807, 2.05) is 0 Å². The number of carboxylic acids is 1. The lowest BCUT2D eigenvalue weighted by Gasteiger charge is -2.31. The first-order chi connectivity index (χ1) is 49.3. The van der Waals surface area contributed by atoms with Crippen molar-refractivity contribution >= 4 is 99.6 Å². The van der Waals surface area contributed by atoms with Crippen LogP contribution >= 0.6 is 0 Å². The smallest absolute Gasteiger partial charge is 0.325 e. The minimum Gasteiger partial charge on any atom is -0.480 e. The van der Waals surface area contributed by atoms with Crippen molar-refractivity contribution in [2.75, 3.05) is 53.0 Å². The third-order valence-electron chi connectivity index (χ3n) is 17.6. The summed E-state index contributed by atoms with van der Waals surface area (Å²) >= 11 is 0. The number of aliphatic carboxylic acids is 1. The Balaban J connectivity index is 2.34. The van der Waals surface area contributed by atoms with Crippen LogP contribution in [0.25, 0.3) is 10.9 Å². The maximum Gasteiger partial charge on any atom is 0.325 e. The van der Waals surface area contributed by atoms with Gasteiger partial charge in [-0.1, -0.05) is 106 Å². The highest BCUT2D eigenvalue weighted by molar-refractivity contribution is 6.00. The number of carbonyl (C=O) groups is 15. The number of esters is 1. The van der Waals surface area contributed by atoms with Gasteiger partial charge >= 0.3 is 11.9 Å². The van der Waals surface area contributed by atoms with Gasteiger partial charge in [-0.15, -0.1) is 0 Å². The van der Waals surface area contributed by atoms with E-state index in [0.717, 1.165) is 26.4 Å². The van der Waals surface area contributed by atoms with Crippen LogP contribution < -0.4 is 86.3 Å². The molecule has 584 valence electrons. The second kappa shape index (κ2) is 47.8. The standard InChI is InChI=1S/C68H113N17O19/c1-11-37(6)18-14-17-21-51(88)73-32-52(89)76-45(24-27-69)58(92)74-33-53(90)77-49(34-86)63(97)81-48(30-41-31-72-43-20-16-15-19-42(41)43)62(96)82-50(35-87)64(98)79-46(25-28-70)59(93)78-47(26-29-71)61(95)84-57(39(8)13-3)67(101)80-44(22-23-54(91)104-10)60(94)83-55(36(4)5)65(99)85-56(38(7)12-2)66(100)75-40(9)68(102)103/h15-16,19-20,31,36-40,44-50,55-57,72,86-87H,11-14,17-18,21-30,32-35,69-71H2,1-10H3,(H,73,88)(H,74,92)(H,75,100)(H,76,89)(H,77,90)(H,78,93)(H,79,98)(H,80,101)(H,81,97)(H,82,96)(H,83,94)(H,84,95)(H,85,99)(H,102,103)/t37-,38-,39-,40-,44-,45+,46-,47+,48+,49+,50-,55-,56+,57-/m0/s1. The zero-order valence-corrected chi connectivity index (χ0v) is 61.3. The molecule has 14 atom stereocenters. The van der Waals surface area contributed by atoms with Crippen LogP contribution in [0.5, 0.6) is 0 Å². The zero-order valence-electron chi connectivity index (χ0n) is 61.3. The Morgan fingerprint density at radius 2 is 0.875 bits per heavy atom. The van der Waals surface area contributed by atoms with E-state index in [1.165, 1.54) is 6.92 Å². The Kier molecular flexibility index (Phi) is 41.7. The molecule has 1 aromatic heterocycles. The van der Waals surface area contributed by atoms with Gasteiger partial charge in [-0.05, 0) is 94.0 Å². The number of methoxy groups -OCH3 is 1. The molecule has 0 spiro atoms. The average Bonchev–Trinajstić information content (AvgIpc) is 1.77. The van der Waals surface area contributed by atoms with E-state index in [0.29, 0.717) is 35.2 Å². The fraction of sp³-hybridized carbons (Fsp3) is 0.662. The van der Waals surface area contributed by atoms with Gasteiger partial charge in [-0.25, -0.2) is 0 Å². The lowest BCUT2D eigenvalue weighted by Crippen LogP contribution is -2.62. The number of hydrogen-bond acceptors (Lipinski definition) is 21. The fourth-order valence-corrected chi connectivity index (χ4v) is 10.5. The van der Waals surface area contributed by atoms with Crippen LogP contribution in [0.1, 0.15) is 145 Å². The minimum absolute atomic E-state index is 0.0611. The molecule has 23 N–H and O–H groups in total. The molecule has 1 aromatic carbocycles. The van der Waals surface area contributed by atoms with Crippen molar-refractivity contribution < 1.29 is 92.0 Å². The van der Waals surface area contributed by atoms with Crippen molar-refractivity contribution in [3.63, 3.8) is 0 Å². The number of nitrogens with two attached hydrogens (primary N) is 3. The fourth-order valence-electron chi connectivity index (χ4n) is 10.5. The van der Waals surface area contributed by atoms with E-state index in [1.54, 1.807) is 72.0 Å². The first-order valence-corrected chi connectivity index (χ1v) is 35.3. The van der Waals surface area contributed by atoms with Crippen LogP contribution in [-0.4, -0.2) is 229 Å². The molecular formula is C68H113N17O19. The highest BCUT2D eigenvalue weighted by Crippen LogP contribution is 2.20. The van der Waals surface area contributed by atoms with Crippen molar-refractivity contribution in [1.82, 2.24) is 74.1 Å². The molecule has 104 heavy (non-hydrogen) atoms. The molecule has 0 saturated carbocycles. The number of aliphatic hydroxyl groups excluding tert-OH is 2. The lowest BCUT2D eigenvalue weighted by atomic mass is 9.95. The summed E-state index contributed by atoms with van der Waals surface area (Å²) < 4.78 is 4.78. The molecule has 13 amide bonds. The van der Waals surface area contributed by atoms with Gasteiger partial charge in [0.2, 0.25) is 76.8 Å². The third-order valence-corrected chi connectivity index (χ3v) is 17.6. The van der Waals surface area contributed by atoms with E-state index in [9.17, 15) is 87.2 Å². The predicted molar refractivity (Wildman–Crippen MR) is 381 cm³/mol. The number of aliphatic hydroxyl groups is 2. The van der Waals surface area contributed by atoms with Crippen LogP contribution in [-0.2, 0) is 83.1 Å². The number of rotatable bonds is 50. The number of para-hydroxylation sites is 1. The number of benzene rings is 1. The summed E-state index contributed by atoms with van der Waals surface area (Å²) in [6, 6.07) is -9.56. The van der Waals surface area contributed by atoms with Gasteiger partial charge in [0.1, 0.15) is 66.5 Å². The number of aromatic amines is 1. The maximum absolute atomic E-state index is 14.4. The topological polar surface area (TPSA) is 576 Å². The summed E-state index contributed by atoms with van der Waals surface area (Å²) in [5, 5.41) is 63.0. The number of carbonyl (C=O) groups excluding carboxylic acids is 14. The summed E-state index contributed by atoms with van der Waals surface area (Å²) in [4.78, 5) is 205. The molecule has 0 aliphatic carbocycles. The van der Waals surface area contributed by atoms with Crippen molar-refractivity contribution in [2.24, 2.45) is 40.9 Å². The van der Waals surface area contributed by atoms with E-state index >= 15 is 0 Å². The SMILES string of the molecule is CC[C@H](C)CCCCC(=O)NCC(=O)N[C@H](CCN)C(=O)NCC(=O)N[C@H](CO)C(=O)N[C@H](Cc1c[nH]c2ccccc12)C(=O)N[C@@H](CO)C(=O)N[C@@H](CCN)C(=O)N[C@H](CCN)C(=O)N[C@H](C(=O)N[C@@H](CCC(=O)OC)C(=O)N[C@H](C(=O)N[C@@H](C(=O)N[C@@H](C)C(=O)O)[C@@H](C)CC)C(C)C)[C@@H](C)CC. The Hall–Kier alpha value is -9.39. The van der Waals surface area contributed by atoms with Crippen molar-refractivity contribution in [3.05, 3.63) is 36.0 Å². The molecule has 36 heteroatoms. The van der Waals surface area contributed by atoms with Crippen LogP contribution in [0, 0.1) is 23.7 Å². The summed E-state index contributed by atoms with van der Waals surface area (Å²) in [5.41, 5.74) is 18.6. The van der Waals surface area contributed by atoms with Gasteiger partial charge in [-0.3, -0.25) is 71.9 Å². The molecule has 0 fully saturated rings. The zero-order chi connectivity index (χ0) is 78.3. The predicted octanol–water partition coefficient (Wildman–Crippen LogP) is -4.28. The Morgan fingerprint density at radius 3 is 1.38 bits per heavy atom. The summed E-state index contributed by atoms with van der Waals surface area (Å²) in [6.45, 7) is 11.5. The number of hydrogen-bond donors (Lipinski definition) is 20. The van der Waals surface area contributed by atoms with Gasteiger partial charge < -0.3 is 111 Å². The number of fused-ring (bicyclic) bond motifs is 1. The van der Waals surface area contributed by atoms with Gasteiger partial charge in [0.05, 0.1) is 33.4 Å². The number of aromatic nitrogens is 1. The van der Waals surface area contributed by atoms with E-state index < -0.39 is 200 Å². The number of unbranched alkanes of at least 4 members (excludes halogenated alkanes) is 1. The number of ether oxygens (including phenoxy) is 1. The van der Waals surface area contributed by atoms with E-state index in [-0.39, 0.29) is 70.5 Å². The van der Waals surface area contributed by atoms with Crippen molar-refractivity contribution in [3.8, 4) is 0 Å². The Morgan fingerprint density at radius 1 is 0.452 bits per heavy atom. The largest absolute Gasteiger partial charge is 0.480 e. The molecule has 36 nitrogen and oxygen atoms in total. The van der Waals surface area contributed by atoms with Crippen LogP contribution in [0.15, 0.2) is 30.5 Å². The monoisotopic (exact) mass is 1470 g/mol. The molecule has 0 bridgehead atoms. The molecule has 2 rings (SSSR count). The summed E-state index contributed by atoms with van der Waals surface area (Å²) in [6.07, 6.45) is 4.16. The van der Waals surface area contributed by atoms with Gasteiger partial charge in [-0.2, -0.15) is 0 Å². The summed E-state index contributed by atoms with van der Waals surface area (Å²) in [5.74, 6) is -15.1. The summed E-state index contributed by atoms with van der Waals surface area (Å²) in [7, 11) is 1.10. The van der Waals surface area contributed by atoms with Crippen LogP contribution in [0.2, 0.25) is 0 Å².